The molecule has 158 valence electrons. The first kappa shape index (κ1) is 22.8. The predicted octanol–water partition coefficient (Wildman–Crippen LogP) is 5.50. The summed E-state index contributed by atoms with van der Waals surface area (Å²) in [5, 5.41) is 4.65. The zero-order chi connectivity index (χ0) is 22.2. The summed E-state index contributed by atoms with van der Waals surface area (Å²) >= 11 is 15.1. The molecule has 3 aromatic carbocycles. The number of carbonyl (C=O) groups is 2. The average Bonchev–Trinajstić information content (AvgIpc) is 2.74. The minimum atomic E-state index is -0.470. The third-order valence-corrected chi connectivity index (χ3v) is 5.06. The van der Waals surface area contributed by atoms with Crippen molar-refractivity contribution in [2.75, 3.05) is 6.61 Å². The molecule has 31 heavy (non-hydrogen) atoms. The van der Waals surface area contributed by atoms with E-state index in [4.69, 9.17) is 32.7 Å². The van der Waals surface area contributed by atoms with Crippen molar-refractivity contribution in [2.45, 2.75) is 0 Å². The molecule has 0 aliphatic rings. The molecule has 0 unspecified atom stereocenters. The van der Waals surface area contributed by atoms with Gasteiger partial charge >= 0.3 is 5.97 Å². The van der Waals surface area contributed by atoms with Gasteiger partial charge in [-0.3, -0.25) is 4.79 Å². The second-order valence-corrected chi connectivity index (χ2v) is 7.79. The van der Waals surface area contributed by atoms with Gasteiger partial charge in [0, 0.05) is 9.50 Å². The van der Waals surface area contributed by atoms with Gasteiger partial charge in [0.2, 0.25) is 0 Å². The van der Waals surface area contributed by atoms with Crippen molar-refractivity contribution in [1.29, 1.82) is 0 Å². The summed E-state index contributed by atoms with van der Waals surface area (Å²) < 4.78 is 11.3. The molecule has 0 aliphatic heterocycles. The predicted molar refractivity (Wildman–Crippen MR) is 123 cm³/mol. The Hall–Kier alpha value is -2.87. The van der Waals surface area contributed by atoms with Gasteiger partial charge in [0.1, 0.15) is 11.5 Å². The molecule has 0 saturated heterocycles. The molecular formula is C22H15BrCl2N2O4. The van der Waals surface area contributed by atoms with Gasteiger partial charge in [0.05, 0.1) is 16.8 Å². The molecule has 0 atom stereocenters. The van der Waals surface area contributed by atoms with Gasteiger partial charge in [-0.05, 0) is 76.1 Å². The molecule has 3 aromatic rings. The number of nitrogens with zero attached hydrogens (tertiary/aromatic N) is 1. The Balaban J connectivity index is 1.48. The minimum absolute atomic E-state index is 0.261. The number of benzene rings is 3. The van der Waals surface area contributed by atoms with Gasteiger partial charge in [-0.25, -0.2) is 10.2 Å². The van der Waals surface area contributed by atoms with Gasteiger partial charge in [-0.2, -0.15) is 5.10 Å². The quantitative estimate of drug-likeness (QED) is 0.192. The molecule has 0 aromatic heterocycles. The molecule has 0 bridgehead atoms. The molecule has 3 rings (SSSR count). The number of carbonyl (C=O) groups excluding carboxylic acids is 2. The highest BCUT2D eigenvalue weighted by molar-refractivity contribution is 9.10. The van der Waals surface area contributed by atoms with E-state index < -0.39 is 11.9 Å². The normalized spacial score (nSPS) is 10.7. The van der Waals surface area contributed by atoms with Crippen LogP contribution in [-0.4, -0.2) is 24.7 Å². The highest BCUT2D eigenvalue weighted by Crippen LogP contribution is 2.27. The van der Waals surface area contributed by atoms with Gasteiger partial charge in [-0.15, -0.1) is 0 Å². The standard InChI is InChI=1S/C22H15BrCl2N2O4/c23-18-4-2-1-3-17(18)22(29)31-16-8-5-14(6-9-16)12-26-27-21(28)13-30-20-10-7-15(24)11-19(20)25/h1-12H,13H2,(H,27,28). The summed E-state index contributed by atoms with van der Waals surface area (Å²) in [6.45, 7) is -0.261. The Kier molecular flexibility index (Phi) is 8.06. The van der Waals surface area contributed by atoms with Crippen molar-refractivity contribution in [3.63, 3.8) is 0 Å². The first-order valence-electron chi connectivity index (χ1n) is 8.89. The first-order chi connectivity index (χ1) is 14.9. The minimum Gasteiger partial charge on any atom is -0.482 e. The zero-order valence-electron chi connectivity index (χ0n) is 15.8. The first-order valence-corrected chi connectivity index (χ1v) is 10.4. The number of nitrogens with one attached hydrogen (secondary N) is 1. The lowest BCUT2D eigenvalue weighted by atomic mass is 10.2. The Bertz CT molecular complexity index is 1120. The molecule has 1 N–H and O–H groups in total. The topological polar surface area (TPSA) is 77.0 Å². The monoisotopic (exact) mass is 520 g/mol. The summed E-state index contributed by atoms with van der Waals surface area (Å²) in [6, 6.07) is 18.4. The molecule has 0 fully saturated rings. The van der Waals surface area contributed by atoms with Crippen LogP contribution in [0.4, 0.5) is 0 Å². The van der Waals surface area contributed by atoms with Gasteiger partial charge in [-0.1, -0.05) is 35.3 Å². The van der Waals surface area contributed by atoms with E-state index >= 15 is 0 Å². The third kappa shape index (κ3) is 6.82. The Morgan fingerprint density at radius 2 is 1.77 bits per heavy atom. The van der Waals surface area contributed by atoms with E-state index in [1.807, 2.05) is 6.07 Å². The van der Waals surface area contributed by atoms with Crippen LogP contribution in [-0.2, 0) is 4.79 Å². The van der Waals surface area contributed by atoms with Crippen LogP contribution in [0.3, 0.4) is 0 Å². The van der Waals surface area contributed by atoms with Crippen molar-refractivity contribution in [3.05, 3.63) is 92.4 Å². The van der Waals surface area contributed by atoms with Crippen LogP contribution in [0, 0.1) is 0 Å². The maximum Gasteiger partial charge on any atom is 0.344 e. The van der Waals surface area contributed by atoms with Crippen LogP contribution in [0.15, 0.2) is 76.3 Å². The summed E-state index contributed by atoms with van der Waals surface area (Å²) in [4.78, 5) is 24.1. The second-order valence-electron chi connectivity index (χ2n) is 6.09. The van der Waals surface area contributed by atoms with E-state index in [9.17, 15) is 9.59 Å². The van der Waals surface area contributed by atoms with Crippen LogP contribution >= 0.6 is 39.1 Å². The number of rotatable bonds is 7. The maximum atomic E-state index is 12.2. The summed E-state index contributed by atoms with van der Waals surface area (Å²) in [5.41, 5.74) is 3.48. The highest BCUT2D eigenvalue weighted by Gasteiger charge is 2.11. The number of esters is 1. The van der Waals surface area contributed by atoms with E-state index in [2.05, 4.69) is 26.5 Å². The van der Waals surface area contributed by atoms with Gasteiger partial charge < -0.3 is 9.47 Å². The van der Waals surface area contributed by atoms with Crippen molar-refractivity contribution < 1.29 is 19.1 Å². The van der Waals surface area contributed by atoms with Crippen molar-refractivity contribution in [3.8, 4) is 11.5 Å². The average molecular weight is 522 g/mol. The number of ether oxygens (including phenoxy) is 2. The Labute approximate surface area is 196 Å². The molecule has 0 heterocycles. The maximum absolute atomic E-state index is 12.2. The van der Waals surface area contributed by atoms with E-state index in [1.165, 1.54) is 12.3 Å². The Morgan fingerprint density at radius 3 is 2.48 bits per heavy atom. The largest absolute Gasteiger partial charge is 0.482 e. The molecule has 0 spiro atoms. The lowest BCUT2D eigenvalue weighted by Gasteiger charge is -2.07. The molecule has 0 aliphatic carbocycles. The number of hydrogen-bond acceptors (Lipinski definition) is 5. The molecule has 6 nitrogen and oxygen atoms in total. The smallest absolute Gasteiger partial charge is 0.344 e. The van der Waals surface area contributed by atoms with E-state index in [0.717, 1.165) is 0 Å². The van der Waals surface area contributed by atoms with Gasteiger partial charge in [0.15, 0.2) is 6.61 Å². The van der Waals surface area contributed by atoms with Crippen molar-refractivity contribution in [1.82, 2.24) is 5.43 Å². The van der Waals surface area contributed by atoms with E-state index in [0.29, 0.717) is 37.1 Å². The fourth-order valence-corrected chi connectivity index (χ4v) is 3.27. The lowest BCUT2D eigenvalue weighted by molar-refractivity contribution is -0.123. The number of hydrazone groups is 1. The fourth-order valence-electron chi connectivity index (χ4n) is 2.36. The number of hydrogen-bond donors (Lipinski definition) is 1. The molecular weight excluding hydrogens is 507 g/mol. The third-order valence-electron chi connectivity index (χ3n) is 3.84. The molecule has 9 heteroatoms. The fraction of sp³-hybridized carbons (Fsp3) is 0.0455. The van der Waals surface area contributed by atoms with Gasteiger partial charge in [0.25, 0.3) is 5.91 Å². The van der Waals surface area contributed by atoms with Crippen LogP contribution in [0.5, 0.6) is 11.5 Å². The van der Waals surface area contributed by atoms with Crippen LogP contribution in [0.2, 0.25) is 10.0 Å². The zero-order valence-corrected chi connectivity index (χ0v) is 18.9. The van der Waals surface area contributed by atoms with Crippen molar-refractivity contribution >= 4 is 57.2 Å². The summed E-state index contributed by atoms with van der Waals surface area (Å²) in [5.74, 6) is -0.198. The summed E-state index contributed by atoms with van der Waals surface area (Å²) in [6.07, 6.45) is 1.45. The number of halogens is 3. The Morgan fingerprint density at radius 1 is 1.03 bits per heavy atom. The van der Waals surface area contributed by atoms with Crippen LogP contribution < -0.4 is 14.9 Å². The van der Waals surface area contributed by atoms with E-state index in [-0.39, 0.29) is 6.61 Å². The highest BCUT2D eigenvalue weighted by atomic mass is 79.9. The molecule has 0 radical (unpaired) electrons. The van der Waals surface area contributed by atoms with Crippen molar-refractivity contribution in [2.24, 2.45) is 5.10 Å². The van der Waals surface area contributed by atoms with E-state index in [1.54, 1.807) is 54.6 Å². The van der Waals surface area contributed by atoms with Crippen LogP contribution in [0.25, 0.3) is 0 Å². The summed E-state index contributed by atoms with van der Waals surface area (Å²) in [7, 11) is 0. The SMILES string of the molecule is O=C(COc1ccc(Cl)cc1Cl)NN=Cc1ccc(OC(=O)c2ccccc2Br)cc1. The number of amides is 1. The van der Waals surface area contributed by atoms with Crippen LogP contribution in [0.1, 0.15) is 15.9 Å². The second kappa shape index (κ2) is 10.9. The molecule has 0 saturated carbocycles. The lowest BCUT2D eigenvalue weighted by Crippen LogP contribution is -2.24. The molecule has 1 amide bonds.